The van der Waals surface area contributed by atoms with Crippen LogP contribution in [0, 0.1) is 10.1 Å². The first kappa shape index (κ1) is 14.2. The Bertz CT molecular complexity index is 704. The number of amides is 1. The fourth-order valence-electron chi connectivity index (χ4n) is 1.65. The highest BCUT2D eigenvalue weighted by molar-refractivity contribution is 5.95. The second kappa shape index (κ2) is 5.82. The third-order valence-corrected chi connectivity index (χ3v) is 2.57. The standard InChI is InChI=1S/C12H11N5O4/c1-14-11-9(17(19)20)12(16-6-15-11)21-8-5-3-2-4-7(8)10(13)18/h2-6H,1H3,(H2,13,18)(H,14,15,16). The average Bonchev–Trinajstić information content (AvgIpc) is 2.47. The largest absolute Gasteiger partial charge is 0.433 e. The number of hydrogen-bond acceptors (Lipinski definition) is 7. The number of nitro groups is 1. The van der Waals surface area contributed by atoms with Crippen LogP contribution >= 0.6 is 0 Å². The number of ether oxygens (including phenoxy) is 1. The van der Waals surface area contributed by atoms with Gasteiger partial charge in [-0.05, 0) is 12.1 Å². The van der Waals surface area contributed by atoms with E-state index in [4.69, 9.17) is 10.5 Å². The average molecular weight is 289 g/mol. The minimum absolute atomic E-state index is 0.00144. The number of aromatic nitrogens is 2. The van der Waals surface area contributed by atoms with Gasteiger partial charge in [-0.25, -0.2) is 4.98 Å². The Hall–Kier alpha value is -3.23. The summed E-state index contributed by atoms with van der Waals surface area (Å²) in [4.78, 5) is 29.2. The third kappa shape index (κ3) is 2.86. The molecule has 0 saturated carbocycles. The van der Waals surface area contributed by atoms with E-state index in [0.29, 0.717) is 0 Å². The van der Waals surface area contributed by atoms with Gasteiger partial charge in [0.2, 0.25) is 5.82 Å². The summed E-state index contributed by atoms with van der Waals surface area (Å²) in [5.41, 5.74) is 4.89. The van der Waals surface area contributed by atoms with Crippen LogP contribution in [-0.4, -0.2) is 27.8 Å². The van der Waals surface area contributed by atoms with Crippen molar-refractivity contribution < 1.29 is 14.5 Å². The number of nitrogens with zero attached hydrogens (tertiary/aromatic N) is 3. The quantitative estimate of drug-likeness (QED) is 0.626. The molecule has 0 fully saturated rings. The Morgan fingerprint density at radius 2 is 2.10 bits per heavy atom. The van der Waals surface area contributed by atoms with Crippen molar-refractivity contribution in [2.45, 2.75) is 0 Å². The molecule has 9 nitrogen and oxygen atoms in total. The lowest BCUT2D eigenvalue weighted by Crippen LogP contribution is -2.12. The first-order valence-electron chi connectivity index (χ1n) is 5.78. The van der Waals surface area contributed by atoms with Crippen LogP contribution < -0.4 is 15.8 Å². The van der Waals surface area contributed by atoms with E-state index in [9.17, 15) is 14.9 Å². The molecule has 0 aliphatic heterocycles. The maximum absolute atomic E-state index is 11.3. The fraction of sp³-hybridized carbons (Fsp3) is 0.0833. The topological polar surface area (TPSA) is 133 Å². The van der Waals surface area contributed by atoms with E-state index in [1.54, 1.807) is 12.1 Å². The predicted molar refractivity (Wildman–Crippen MR) is 73.3 cm³/mol. The zero-order chi connectivity index (χ0) is 15.4. The molecule has 2 rings (SSSR count). The molecule has 21 heavy (non-hydrogen) atoms. The first-order chi connectivity index (χ1) is 10.0. The second-order valence-corrected chi connectivity index (χ2v) is 3.85. The highest BCUT2D eigenvalue weighted by Crippen LogP contribution is 2.34. The molecule has 0 radical (unpaired) electrons. The van der Waals surface area contributed by atoms with Crippen molar-refractivity contribution in [2.75, 3.05) is 12.4 Å². The van der Waals surface area contributed by atoms with Crippen LogP contribution in [0.25, 0.3) is 0 Å². The molecule has 0 aliphatic rings. The van der Waals surface area contributed by atoms with Gasteiger partial charge in [0.25, 0.3) is 5.91 Å². The summed E-state index contributed by atoms with van der Waals surface area (Å²) in [7, 11) is 1.48. The summed E-state index contributed by atoms with van der Waals surface area (Å²) in [6, 6.07) is 6.11. The van der Waals surface area contributed by atoms with Crippen LogP contribution in [0.3, 0.4) is 0 Å². The third-order valence-electron chi connectivity index (χ3n) is 2.57. The molecule has 1 heterocycles. The Labute approximate surface area is 118 Å². The molecule has 1 aromatic heterocycles. The monoisotopic (exact) mass is 289 g/mol. The van der Waals surface area contributed by atoms with E-state index < -0.39 is 16.5 Å². The number of para-hydroxylation sites is 1. The van der Waals surface area contributed by atoms with E-state index in [2.05, 4.69) is 15.3 Å². The van der Waals surface area contributed by atoms with Gasteiger partial charge in [-0.15, -0.1) is 0 Å². The van der Waals surface area contributed by atoms with Gasteiger partial charge in [0.05, 0.1) is 10.5 Å². The molecule has 0 spiro atoms. The Balaban J connectivity index is 2.50. The number of benzene rings is 1. The van der Waals surface area contributed by atoms with Crippen LogP contribution in [0.2, 0.25) is 0 Å². The lowest BCUT2D eigenvalue weighted by atomic mass is 10.2. The van der Waals surface area contributed by atoms with Crippen LogP contribution in [0.15, 0.2) is 30.6 Å². The maximum Gasteiger partial charge on any atom is 0.373 e. The zero-order valence-corrected chi connectivity index (χ0v) is 10.9. The van der Waals surface area contributed by atoms with Crippen molar-refractivity contribution in [2.24, 2.45) is 5.73 Å². The summed E-state index contributed by atoms with van der Waals surface area (Å²) in [5.74, 6) is -0.917. The van der Waals surface area contributed by atoms with Gasteiger partial charge in [0.1, 0.15) is 12.1 Å². The number of carbonyl (C=O) groups is 1. The molecule has 9 heteroatoms. The van der Waals surface area contributed by atoms with E-state index >= 15 is 0 Å². The summed E-state index contributed by atoms with van der Waals surface area (Å²) < 4.78 is 5.37. The lowest BCUT2D eigenvalue weighted by Gasteiger charge is -2.09. The number of primary amides is 1. The van der Waals surface area contributed by atoms with Gasteiger partial charge in [-0.1, -0.05) is 12.1 Å². The molecule has 0 atom stereocenters. The molecule has 1 aromatic carbocycles. The molecule has 0 aliphatic carbocycles. The second-order valence-electron chi connectivity index (χ2n) is 3.85. The molecule has 3 N–H and O–H groups in total. The molecular weight excluding hydrogens is 278 g/mol. The van der Waals surface area contributed by atoms with Gasteiger partial charge in [0, 0.05) is 7.05 Å². The van der Waals surface area contributed by atoms with Gasteiger partial charge in [0.15, 0.2) is 0 Å². The normalized spacial score (nSPS) is 9.95. The SMILES string of the molecule is CNc1ncnc(Oc2ccccc2C(N)=O)c1[N+](=O)[O-]. The molecular formula is C12H11N5O4. The van der Waals surface area contributed by atoms with Gasteiger partial charge >= 0.3 is 11.6 Å². The van der Waals surface area contributed by atoms with Crippen molar-refractivity contribution in [3.63, 3.8) is 0 Å². The molecule has 0 bridgehead atoms. The summed E-state index contributed by atoms with van der Waals surface area (Å²) in [5, 5.41) is 13.7. The van der Waals surface area contributed by atoms with Gasteiger partial charge in [-0.2, -0.15) is 4.98 Å². The van der Waals surface area contributed by atoms with E-state index in [-0.39, 0.29) is 23.0 Å². The minimum Gasteiger partial charge on any atom is -0.433 e. The van der Waals surface area contributed by atoms with E-state index in [0.717, 1.165) is 6.33 Å². The fourth-order valence-corrected chi connectivity index (χ4v) is 1.65. The first-order valence-corrected chi connectivity index (χ1v) is 5.78. The van der Waals surface area contributed by atoms with Crippen molar-refractivity contribution in [3.8, 4) is 11.6 Å². The summed E-state index contributed by atoms with van der Waals surface area (Å²) in [6.45, 7) is 0. The highest BCUT2D eigenvalue weighted by atomic mass is 16.6. The number of carbonyl (C=O) groups excluding carboxylic acids is 1. The summed E-state index contributed by atoms with van der Waals surface area (Å²) in [6.07, 6.45) is 1.11. The number of anilines is 1. The van der Waals surface area contributed by atoms with Crippen LogP contribution in [0.1, 0.15) is 10.4 Å². The van der Waals surface area contributed by atoms with E-state index in [1.807, 2.05) is 0 Å². The molecule has 108 valence electrons. The number of hydrogen-bond donors (Lipinski definition) is 2. The molecule has 1 amide bonds. The van der Waals surface area contributed by atoms with Crippen molar-refractivity contribution in [3.05, 3.63) is 46.3 Å². The Kier molecular flexibility index (Phi) is 3.93. The Morgan fingerprint density at radius 3 is 2.71 bits per heavy atom. The van der Waals surface area contributed by atoms with Crippen LogP contribution in [0.5, 0.6) is 11.6 Å². The van der Waals surface area contributed by atoms with Gasteiger partial charge < -0.3 is 15.8 Å². The predicted octanol–water partition coefficient (Wildman–Crippen LogP) is 1.32. The highest BCUT2D eigenvalue weighted by Gasteiger charge is 2.25. The molecule has 2 aromatic rings. The number of nitrogens with one attached hydrogen (secondary N) is 1. The van der Waals surface area contributed by atoms with Crippen molar-refractivity contribution >= 4 is 17.4 Å². The number of nitrogens with two attached hydrogens (primary N) is 1. The minimum atomic E-state index is -0.712. The molecule has 0 saturated heterocycles. The number of rotatable bonds is 5. The van der Waals surface area contributed by atoms with Crippen LogP contribution in [0.4, 0.5) is 11.5 Å². The summed E-state index contributed by atoms with van der Waals surface area (Å²) >= 11 is 0. The van der Waals surface area contributed by atoms with Gasteiger partial charge in [-0.3, -0.25) is 14.9 Å². The Morgan fingerprint density at radius 1 is 1.38 bits per heavy atom. The zero-order valence-electron chi connectivity index (χ0n) is 10.9. The van der Waals surface area contributed by atoms with Crippen LogP contribution in [-0.2, 0) is 0 Å². The maximum atomic E-state index is 11.3. The lowest BCUT2D eigenvalue weighted by molar-refractivity contribution is -0.385. The van der Waals surface area contributed by atoms with Crippen molar-refractivity contribution in [1.29, 1.82) is 0 Å². The molecule has 0 unspecified atom stereocenters. The van der Waals surface area contributed by atoms with Crippen molar-refractivity contribution in [1.82, 2.24) is 9.97 Å². The smallest absolute Gasteiger partial charge is 0.373 e. The van der Waals surface area contributed by atoms with E-state index in [1.165, 1.54) is 19.2 Å².